The van der Waals surface area contributed by atoms with E-state index >= 15 is 0 Å². The highest BCUT2D eigenvalue weighted by Crippen LogP contribution is 2.22. The van der Waals surface area contributed by atoms with Crippen molar-refractivity contribution in [2.24, 2.45) is 5.73 Å². The van der Waals surface area contributed by atoms with Crippen LogP contribution < -0.4 is 16.0 Å². The third kappa shape index (κ3) is 3.06. The van der Waals surface area contributed by atoms with Gasteiger partial charge in [0.2, 0.25) is 0 Å². The van der Waals surface area contributed by atoms with Gasteiger partial charge in [-0.25, -0.2) is 4.39 Å². The minimum Gasteiger partial charge on any atom is -0.376 e. The van der Waals surface area contributed by atoms with Gasteiger partial charge in [-0.2, -0.15) is 0 Å². The molecule has 3 nitrogen and oxygen atoms in total. The molecule has 16 heavy (non-hydrogen) atoms. The molecule has 0 saturated carbocycles. The Morgan fingerprint density at radius 2 is 2.06 bits per heavy atom. The summed E-state index contributed by atoms with van der Waals surface area (Å²) in [5.41, 5.74) is 6.59. The summed E-state index contributed by atoms with van der Waals surface area (Å²) in [6.45, 7) is 5.84. The molecule has 5 heteroatoms. The SMILES string of the molecule is CCN(CC)c1ccc(F)c(NC(N)=S)c1. The van der Waals surface area contributed by atoms with E-state index in [1.54, 1.807) is 12.1 Å². The zero-order valence-electron chi connectivity index (χ0n) is 9.46. The molecule has 0 bridgehead atoms. The van der Waals surface area contributed by atoms with E-state index < -0.39 is 0 Å². The Morgan fingerprint density at radius 3 is 2.56 bits per heavy atom. The Morgan fingerprint density at radius 1 is 1.44 bits per heavy atom. The molecule has 0 aliphatic carbocycles. The van der Waals surface area contributed by atoms with Crippen LogP contribution in [0.5, 0.6) is 0 Å². The summed E-state index contributed by atoms with van der Waals surface area (Å²) in [5, 5.41) is 2.69. The molecular formula is C11H16FN3S. The minimum absolute atomic E-state index is 0.0654. The fourth-order valence-corrected chi connectivity index (χ4v) is 1.64. The lowest BCUT2D eigenvalue weighted by Gasteiger charge is -2.21. The zero-order valence-corrected chi connectivity index (χ0v) is 10.3. The topological polar surface area (TPSA) is 41.3 Å². The number of benzene rings is 1. The standard InChI is InChI=1S/C11H16FN3S/c1-3-15(4-2)8-5-6-9(12)10(7-8)14-11(13)16/h5-7H,3-4H2,1-2H3,(H3,13,14,16). The van der Waals surface area contributed by atoms with Gasteiger partial charge in [0.25, 0.3) is 0 Å². The lowest BCUT2D eigenvalue weighted by atomic mass is 10.2. The highest BCUT2D eigenvalue weighted by molar-refractivity contribution is 7.80. The number of nitrogens with zero attached hydrogens (tertiary/aromatic N) is 1. The Bertz CT molecular complexity index is 377. The molecule has 1 rings (SSSR count). The average Bonchev–Trinajstić information content (AvgIpc) is 2.23. The lowest BCUT2D eigenvalue weighted by Crippen LogP contribution is -2.23. The van der Waals surface area contributed by atoms with Crippen LogP contribution in [-0.4, -0.2) is 18.2 Å². The molecule has 0 spiro atoms. The molecule has 0 radical (unpaired) electrons. The molecule has 0 saturated heterocycles. The van der Waals surface area contributed by atoms with Crippen molar-refractivity contribution >= 4 is 28.7 Å². The van der Waals surface area contributed by atoms with Crippen LogP contribution in [0.2, 0.25) is 0 Å². The van der Waals surface area contributed by atoms with Crippen LogP contribution in [0.1, 0.15) is 13.8 Å². The van der Waals surface area contributed by atoms with E-state index in [9.17, 15) is 4.39 Å². The van der Waals surface area contributed by atoms with Gasteiger partial charge in [0.1, 0.15) is 5.82 Å². The van der Waals surface area contributed by atoms with Crippen molar-refractivity contribution in [2.45, 2.75) is 13.8 Å². The Labute approximate surface area is 100 Å². The monoisotopic (exact) mass is 241 g/mol. The number of halogens is 1. The zero-order chi connectivity index (χ0) is 12.1. The molecule has 0 unspecified atom stereocenters. The summed E-state index contributed by atoms with van der Waals surface area (Å²) in [6, 6.07) is 4.86. The maximum atomic E-state index is 13.4. The first-order valence-electron chi connectivity index (χ1n) is 5.19. The van der Waals surface area contributed by atoms with Crippen molar-refractivity contribution in [3.8, 4) is 0 Å². The number of anilines is 2. The van der Waals surface area contributed by atoms with Crippen molar-refractivity contribution < 1.29 is 4.39 Å². The third-order valence-electron chi connectivity index (χ3n) is 2.34. The number of nitrogens with one attached hydrogen (secondary N) is 1. The van der Waals surface area contributed by atoms with Crippen LogP contribution in [0.4, 0.5) is 15.8 Å². The first-order valence-corrected chi connectivity index (χ1v) is 5.60. The van der Waals surface area contributed by atoms with Crippen LogP contribution in [0.3, 0.4) is 0 Å². The van der Waals surface area contributed by atoms with Crippen molar-refractivity contribution in [1.82, 2.24) is 0 Å². The summed E-state index contributed by atoms with van der Waals surface area (Å²) in [5.74, 6) is -0.358. The highest BCUT2D eigenvalue weighted by Gasteiger charge is 2.07. The number of rotatable bonds is 4. The van der Waals surface area contributed by atoms with Crippen LogP contribution in [0.15, 0.2) is 18.2 Å². The number of hydrogen-bond acceptors (Lipinski definition) is 2. The van der Waals surface area contributed by atoms with Crippen molar-refractivity contribution in [3.05, 3.63) is 24.0 Å². The smallest absolute Gasteiger partial charge is 0.168 e. The van der Waals surface area contributed by atoms with Gasteiger partial charge < -0.3 is 16.0 Å². The second-order valence-electron chi connectivity index (χ2n) is 3.33. The maximum Gasteiger partial charge on any atom is 0.168 e. The molecule has 1 aromatic rings. The predicted octanol–water partition coefficient (Wildman–Crippen LogP) is 2.33. The summed E-state index contributed by atoms with van der Waals surface area (Å²) < 4.78 is 13.4. The quantitative estimate of drug-likeness (QED) is 0.794. The predicted molar refractivity (Wildman–Crippen MR) is 70.4 cm³/mol. The molecule has 0 fully saturated rings. The first-order chi connectivity index (χ1) is 7.58. The van der Waals surface area contributed by atoms with E-state index in [0.29, 0.717) is 5.69 Å². The van der Waals surface area contributed by atoms with E-state index in [0.717, 1.165) is 18.8 Å². The van der Waals surface area contributed by atoms with Gasteiger partial charge in [0.05, 0.1) is 5.69 Å². The van der Waals surface area contributed by atoms with Crippen LogP contribution in [-0.2, 0) is 0 Å². The molecule has 88 valence electrons. The Balaban J connectivity index is 3.01. The number of nitrogens with two attached hydrogens (primary N) is 1. The van der Waals surface area contributed by atoms with Gasteiger partial charge in [-0.05, 0) is 44.3 Å². The van der Waals surface area contributed by atoms with E-state index in [2.05, 4.69) is 22.4 Å². The molecule has 0 aliphatic rings. The van der Waals surface area contributed by atoms with Crippen LogP contribution >= 0.6 is 12.2 Å². The number of hydrogen-bond donors (Lipinski definition) is 2. The molecule has 0 heterocycles. The molecule has 3 N–H and O–H groups in total. The molecular weight excluding hydrogens is 225 g/mol. The lowest BCUT2D eigenvalue weighted by molar-refractivity contribution is 0.632. The summed E-state index contributed by atoms with van der Waals surface area (Å²) >= 11 is 4.69. The maximum absolute atomic E-state index is 13.4. The van der Waals surface area contributed by atoms with Gasteiger partial charge >= 0.3 is 0 Å². The van der Waals surface area contributed by atoms with Crippen molar-refractivity contribution in [1.29, 1.82) is 0 Å². The normalized spacial score (nSPS) is 9.94. The van der Waals surface area contributed by atoms with Gasteiger partial charge in [-0.1, -0.05) is 0 Å². The highest BCUT2D eigenvalue weighted by atomic mass is 32.1. The second-order valence-corrected chi connectivity index (χ2v) is 3.77. The molecule has 0 atom stereocenters. The summed E-state index contributed by atoms with van der Waals surface area (Å²) in [4.78, 5) is 2.12. The average molecular weight is 241 g/mol. The van der Waals surface area contributed by atoms with Gasteiger partial charge in [0, 0.05) is 18.8 Å². The fraction of sp³-hybridized carbons (Fsp3) is 0.364. The van der Waals surface area contributed by atoms with Crippen molar-refractivity contribution in [2.75, 3.05) is 23.3 Å². The van der Waals surface area contributed by atoms with E-state index in [1.807, 2.05) is 13.8 Å². The van der Waals surface area contributed by atoms with E-state index in [1.165, 1.54) is 6.07 Å². The first kappa shape index (κ1) is 12.7. The largest absolute Gasteiger partial charge is 0.376 e. The minimum atomic E-state index is -0.358. The third-order valence-corrected chi connectivity index (χ3v) is 2.44. The van der Waals surface area contributed by atoms with Crippen molar-refractivity contribution in [3.63, 3.8) is 0 Å². The molecule has 0 aromatic heterocycles. The summed E-state index contributed by atoms with van der Waals surface area (Å²) in [6.07, 6.45) is 0. The van der Waals surface area contributed by atoms with E-state index in [-0.39, 0.29) is 10.9 Å². The molecule has 0 amide bonds. The van der Waals surface area contributed by atoms with Crippen LogP contribution in [0.25, 0.3) is 0 Å². The van der Waals surface area contributed by atoms with E-state index in [4.69, 9.17) is 5.73 Å². The van der Waals surface area contributed by atoms with Gasteiger partial charge in [-0.3, -0.25) is 0 Å². The van der Waals surface area contributed by atoms with Gasteiger partial charge in [-0.15, -0.1) is 0 Å². The second kappa shape index (κ2) is 5.65. The van der Waals surface area contributed by atoms with Crippen LogP contribution in [0, 0.1) is 5.82 Å². The Hall–Kier alpha value is -1.36. The fourth-order valence-electron chi connectivity index (χ4n) is 1.53. The Kier molecular flexibility index (Phi) is 4.49. The number of thiocarbonyl (C=S) groups is 1. The van der Waals surface area contributed by atoms with Gasteiger partial charge in [0.15, 0.2) is 5.11 Å². The summed E-state index contributed by atoms with van der Waals surface area (Å²) in [7, 11) is 0. The molecule has 0 aliphatic heterocycles. The molecule has 1 aromatic carbocycles.